The van der Waals surface area contributed by atoms with Gasteiger partial charge in [0.1, 0.15) is 11.5 Å². The summed E-state index contributed by atoms with van der Waals surface area (Å²) in [6.45, 7) is 2.31. The number of fused-ring (bicyclic) bond motifs is 1. The van der Waals surface area contributed by atoms with Gasteiger partial charge in [-0.2, -0.15) is 0 Å². The average Bonchev–Trinajstić information content (AvgIpc) is 2.90. The first-order chi connectivity index (χ1) is 10.8. The van der Waals surface area contributed by atoms with Crippen LogP contribution in [0.25, 0.3) is 10.9 Å². The Balaban J connectivity index is 1.91. The summed E-state index contributed by atoms with van der Waals surface area (Å²) in [6, 6.07) is 4.52. The van der Waals surface area contributed by atoms with E-state index in [-0.39, 0.29) is 18.1 Å². The second-order valence-corrected chi connectivity index (χ2v) is 7.14. The van der Waals surface area contributed by atoms with Crippen molar-refractivity contribution in [1.29, 1.82) is 0 Å². The number of H-pyrrole nitrogens is 1. The summed E-state index contributed by atoms with van der Waals surface area (Å²) in [5.41, 5.74) is -0.140. The molecule has 1 aliphatic rings. The lowest BCUT2D eigenvalue weighted by atomic mass is 9.82. The van der Waals surface area contributed by atoms with E-state index >= 15 is 0 Å². The number of hydrogen-bond donors (Lipinski definition) is 2. The van der Waals surface area contributed by atoms with Crippen LogP contribution in [0, 0.1) is 11.2 Å². The number of aromatic amines is 1. The zero-order valence-corrected chi connectivity index (χ0v) is 14.1. The SMILES string of the molecule is CC1(C(=O)O)CCCN(C(=O)c2cc3c(F)cc(Br)cc3[nH]2)C1. The Hall–Kier alpha value is -1.89. The smallest absolute Gasteiger partial charge is 0.311 e. The summed E-state index contributed by atoms with van der Waals surface area (Å²) in [6.07, 6.45) is 1.18. The molecule has 122 valence electrons. The number of piperidine rings is 1. The van der Waals surface area contributed by atoms with Crippen molar-refractivity contribution in [3.05, 3.63) is 34.2 Å². The first-order valence-electron chi connectivity index (χ1n) is 7.31. The van der Waals surface area contributed by atoms with Crippen molar-refractivity contribution in [3.8, 4) is 0 Å². The zero-order chi connectivity index (χ0) is 16.8. The van der Waals surface area contributed by atoms with Crippen LogP contribution in [0.1, 0.15) is 30.3 Å². The number of benzene rings is 1. The standard InChI is InChI=1S/C16H16BrFN2O3/c1-16(15(22)23)3-2-4-20(8-16)14(21)13-7-10-11(18)5-9(17)6-12(10)19-13/h5-7,19H,2-4,8H2,1H3,(H,22,23). The van der Waals surface area contributed by atoms with Gasteiger partial charge < -0.3 is 15.0 Å². The fraction of sp³-hybridized carbons (Fsp3) is 0.375. The van der Waals surface area contributed by atoms with Crippen LogP contribution in [0.4, 0.5) is 4.39 Å². The summed E-state index contributed by atoms with van der Waals surface area (Å²) in [7, 11) is 0. The van der Waals surface area contributed by atoms with E-state index in [0.717, 1.165) is 0 Å². The minimum atomic E-state index is -0.936. The minimum absolute atomic E-state index is 0.155. The Kier molecular flexibility index (Phi) is 3.91. The predicted octanol–water partition coefficient (Wildman–Crippen LogP) is 3.40. The lowest BCUT2D eigenvalue weighted by Gasteiger charge is -2.37. The highest BCUT2D eigenvalue weighted by Gasteiger charge is 2.39. The molecule has 1 saturated heterocycles. The first kappa shape index (κ1) is 16.0. The monoisotopic (exact) mass is 382 g/mol. The molecule has 23 heavy (non-hydrogen) atoms. The van der Waals surface area contributed by atoms with Gasteiger partial charge in [-0.25, -0.2) is 4.39 Å². The van der Waals surface area contributed by atoms with Crippen molar-refractivity contribution in [1.82, 2.24) is 9.88 Å². The van der Waals surface area contributed by atoms with E-state index in [0.29, 0.717) is 34.8 Å². The van der Waals surface area contributed by atoms with Gasteiger partial charge in [-0.15, -0.1) is 0 Å². The lowest BCUT2D eigenvalue weighted by Crippen LogP contribution is -2.48. The third-order valence-corrected chi connectivity index (χ3v) is 4.84. The summed E-state index contributed by atoms with van der Waals surface area (Å²) in [5, 5.41) is 9.69. The topological polar surface area (TPSA) is 73.4 Å². The van der Waals surface area contributed by atoms with Crippen molar-refractivity contribution >= 4 is 38.7 Å². The number of halogens is 2. The lowest BCUT2D eigenvalue weighted by molar-refractivity contribution is -0.150. The van der Waals surface area contributed by atoms with Crippen LogP contribution in [-0.4, -0.2) is 40.0 Å². The maximum absolute atomic E-state index is 13.9. The van der Waals surface area contributed by atoms with E-state index in [4.69, 9.17) is 0 Å². The Labute approximate surface area is 140 Å². The van der Waals surface area contributed by atoms with Crippen molar-refractivity contribution in [2.75, 3.05) is 13.1 Å². The molecule has 0 aliphatic carbocycles. The van der Waals surface area contributed by atoms with Gasteiger partial charge in [0.15, 0.2) is 0 Å². The number of nitrogens with one attached hydrogen (secondary N) is 1. The molecule has 2 aromatic rings. The average molecular weight is 383 g/mol. The van der Waals surface area contributed by atoms with E-state index in [9.17, 15) is 19.1 Å². The Morgan fingerprint density at radius 1 is 1.39 bits per heavy atom. The number of carboxylic acids is 1. The highest BCUT2D eigenvalue weighted by Crippen LogP contribution is 2.31. The number of aliphatic carboxylic acids is 1. The highest BCUT2D eigenvalue weighted by atomic mass is 79.9. The fourth-order valence-corrected chi connectivity index (χ4v) is 3.46. The van der Waals surface area contributed by atoms with Gasteiger partial charge in [0.25, 0.3) is 5.91 Å². The summed E-state index contributed by atoms with van der Waals surface area (Å²) >= 11 is 3.22. The van der Waals surface area contributed by atoms with Crippen LogP contribution in [0.2, 0.25) is 0 Å². The highest BCUT2D eigenvalue weighted by molar-refractivity contribution is 9.10. The zero-order valence-electron chi connectivity index (χ0n) is 12.5. The van der Waals surface area contributed by atoms with Crippen LogP contribution in [-0.2, 0) is 4.79 Å². The molecule has 1 fully saturated rings. The van der Waals surface area contributed by atoms with Gasteiger partial charge in [-0.05, 0) is 38.0 Å². The van der Waals surface area contributed by atoms with Crippen LogP contribution < -0.4 is 0 Å². The second-order valence-electron chi connectivity index (χ2n) is 6.23. The molecule has 1 aliphatic heterocycles. The molecule has 3 rings (SSSR count). The largest absolute Gasteiger partial charge is 0.481 e. The molecule has 7 heteroatoms. The molecule has 1 aromatic heterocycles. The third-order valence-electron chi connectivity index (χ3n) is 4.38. The summed E-state index contributed by atoms with van der Waals surface area (Å²) in [4.78, 5) is 28.5. The maximum Gasteiger partial charge on any atom is 0.311 e. The minimum Gasteiger partial charge on any atom is -0.481 e. The maximum atomic E-state index is 13.9. The fourth-order valence-electron chi connectivity index (χ4n) is 3.03. The van der Waals surface area contributed by atoms with Crippen molar-refractivity contribution in [2.24, 2.45) is 5.41 Å². The molecule has 1 atom stereocenters. The number of hydrogen-bond acceptors (Lipinski definition) is 2. The number of likely N-dealkylation sites (tertiary alicyclic amines) is 1. The number of carbonyl (C=O) groups is 2. The van der Waals surface area contributed by atoms with E-state index < -0.39 is 17.2 Å². The van der Waals surface area contributed by atoms with Gasteiger partial charge in [0, 0.05) is 22.9 Å². The normalized spacial score (nSPS) is 21.6. The second kappa shape index (κ2) is 5.63. The van der Waals surface area contributed by atoms with E-state index in [2.05, 4.69) is 20.9 Å². The number of nitrogens with zero attached hydrogens (tertiary/aromatic N) is 1. The molecule has 0 spiro atoms. The number of rotatable bonds is 2. The number of carboxylic acid groups (broad SMARTS) is 1. The molecular formula is C16H16BrFN2O3. The molecule has 1 aromatic carbocycles. The molecule has 0 bridgehead atoms. The molecule has 2 heterocycles. The van der Waals surface area contributed by atoms with Crippen molar-refractivity contribution in [3.63, 3.8) is 0 Å². The Morgan fingerprint density at radius 3 is 2.83 bits per heavy atom. The van der Waals surface area contributed by atoms with Gasteiger partial charge in [-0.1, -0.05) is 15.9 Å². The van der Waals surface area contributed by atoms with Crippen LogP contribution in [0.5, 0.6) is 0 Å². The van der Waals surface area contributed by atoms with Crippen LogP contribution in [0.15, 0.2) is 22.7 Å². The van der Waals surface area contributed by atoms with Gasteiger partial charge in [0.2, 0.25) is 0 Å². The Bertz CT molecular complexity index is 804. The van der Waals surface area contributed by atoms with E-state index in [1.165, 1.54) is 17.0 Å². The Morgan fingerprint density at radius 2 is 2.13 bits per heavy atom. The van der Waals surface area contributed by atoms with Gasteiger partial charge in [0.05, 0.1) is 10.9 Å². The van der Waals surface area contributed by atoms with Crippen molar-refractivity contribution in [2.45, 2.75) is 19.8 Å². The van der Waals surface area contributed by atoms with E-state index in [1.807, 2.05) is 0 Å². The number of aromatic nitrogens is 1. The van der Waals surface area contributed by atoms with Crippen LogP contribution in [0.3, 0.4) is 0 Å². The van der Waals surface area contributed by atoms with Crippen molar-refractivity contribution < 1.29 is 19.1 Å². The summed E-state index contributed by atoms with van der Waals surface area (Å²) < 4.78 is 14.5. The third kappa shape index (κ3) is 2.85. The molecule has 0 saturated carbocycles. The molecule has 1 unspecified atom stereocenters. The summed E-state index contributed by atoms with van der Waals surface area (Å²) in [5.74, 6) is -1.62. The molecule has 5 nitrogen and oxygen atoms in total. The van der Waals surface area contributed by atoms with Gasteiger partial charge in [-0.3, -0.25) is 9.59 Å². The predicted molar refractivity (Wildman–Crippen MR) is 86.8 cm³/mol. The first-order valence-corrected chi connectivity index (χ1v) is 8.10. The van der Waals surface area contributed by atoms with E-state index in [1.54, 1.807) is 13.0 Å². The number of amides is 1. The molecule has 0 radical (unpaired) electrons. The molecular weight excluding hydrogens is 367 g/mol. The molecule has 1 amide bonds. The van der Waals surface area contributed by atoms with Crippen LogP contribution >= 0.6 is 15.9 Å². The molecule has 2 N–H and O–H groups in total. The van der Waals surface area contributed by atoms with Gasteiger partial charge >= 0.3 is 5.97 Å². The quantitative estimate of drug-likeness (QED) is 0.835. The number of carbonyl (C=O) groups excluding carboxylic acids is 1.